The Morgan fingerprint density at radius 3 is 3.19 bits per heavy atom. The molecule has 0 fully saturated rings. The Morgan fingerprint density at radius 1 is 1.69 bits per heavy atom. The number of nitrogens with zero attached hydrogens (tertiary/aromatic N) is 3. The van der Waals surface area contributed by atoms with Gasteiger partial charge in [-0.15, -0.1) is 0 Å². The molecule has 1 unspecified atom stereocenters. The lowest BCUT2D eigenvalue weighted by molar-refractivity contribution is -0.109. The molecule has 5 heteroatoms. The van der Waals surface area contributed by atoms with Gasteiger partial charge in [-0.1, -0.05) is 6.07 Å². The lowest BCUT2D eigenvalue weighted by atomic mass is 10.1. The van der Waals surface area contributed by atoms with Crippen LogP contribution < -0.4 is 5.32 Å². The fourth-order valence-electron chi connectivity index (χ4n) is 1.72. The van der Waals surface area contributed by atoms with Crippen LogP contribution in [0, 0.1) is 18.3 Å². The molecular formula is C11H10N4O. The molecule has 1 amide bonds. The molecule has 0 aliphatic carbocycles. The molecule has 0 aliphatic heterocycles. The van der Waals surface area contributed by atoms with Crippen LogP contribution in [0.15, 0.2) is 24.5 Å². The van der Waals surface area contributed by atoms with E-state index in [0.29, 0.717) is 12.0 Å². The second-order valence-electron chi connectivity index (χ2n) is 3.43. The number of rotatable bonds is 3. The third-order valence-electron chi connectivity index (χ3n) is 2.45. The SMILES string of the molecule is Cc1cccn2ncc(C(C#N)NC=O)c12. The van der Waals surface area contributed by atoms with E-state index < -0.39 is 6.04 Å². The maximum atomic E-state index is 10.4. The number of fused-ring (bicyclic) bond motifs is 1. The zero-order chi connectivity index (χ0) is 11.5. The number of amides is 1. The number of carbonyl (C=O) groups excluding carboxylic acids is 1. The number of nitrogens with one attached hydrogen (secondary N) is 1. The molecule has 0 saturated heterocycles. The summed E-state index contributed by atoms with van der Waals surface area (Å²) >= 11 is 0. The van der Waals surface area contributed by atoms with Crippen molar-refractivity contribution in [1.29, 1.82) is 5.26 Å². The number of hydrogen-bond donors (Lipinski definition) is 1. The number of aromatic nitrogens is 2. The van der Waals surface area contributed by atoms with Crippen molar-refractivity contribution in [3.05, 3.63) is 35.7 Å². The summed E-state index contributed by atoms with van der Waals surface area (Å²) < 4.78 is 1.70. The molecule has 0 spiro atoms. The molecule has 2 aromatic rings. The topological polar surface area (TPSA) is 70.2 Å². The van der Waals surface area contributed by atoms with Gasteiger partial charge in [0.25, 0.3) is 0 Å². The highest BCUT2D eigenvalue weighted by Crippen LogP contribution is 2.21. The van der Waals surface area contributed by atoms with Gasteiger partial charge in [0.05, 0.1) is 17.8 Å². The number of hydrogen-bond acceptors (Lipinski definition) is 3. The third kappa shape index (κ3) is 1.50. The molecule has 5 nitrogen and oxygen atoms in total. The van der Waals surface area contributed by atoms with Crippen molar-refractivity contribution in [3.8, 4) is 6.07 Å². The molecule has 1 N–H and O–H groups in total. The number of carbonyl (C=O) groups is 1. The van der Waals surface area contributed by atoms with Crippen LogP contribution in [0.3, 0.4) is 0 Å². The van der Waals surface area contributed by atoms with E-state index in [0.717, 1.165) is 11.1 Å². The zero-order valence-electron chi connectivity index (χ0n) is 8.71. The van der Waals surface area contributed by atoms with Gasteiger partial charge in [0.2, 0.25) is 6.41 Å². The van der Waals surface area contributed by atoms with Gasteiger partial charge in [0, 0.05) is 11.8 Å². The van der Waals surface area contributed by atoms with E-state index in [9.17, 15) is 4.79 Å². The van der Waals surface area contributed by atoms with E-state index in [4.69, 9.17) is 5.26 Å². The molecule has 0 aliphatic rings. The first-order chi connectivity index (χ1) is 7.77. The average Bonchev–Trinajstić information content (AvgIpc) is 2.71. The molecular weight excluding hydrogens is 204 g/mol. The Hall–Kier alpha value is -2.35. The van der Waals surface area contributed by atoms with Gasteiger partial charge < -0.3 is 5.32 Å². The minimum atomic E-state index is -0.656. The van der Waals surface area contributed by atoms with Crippen molar-refractivity contribution in [2.24, 2.45) is 0 Å². The van der Waals surface area contributed by atoms with Crippen LogP contribution in [0.4, 0.5) is 0 Å². The zero-order valence-corrected chi connectivity index (χ0v) is 8.71. The highest BCUT2D eigenvalue weighted by molar-refractivity contribution is 5.63. The molecule has 0 aromatic carbocycles. The molecule has 2 heterocycles. The van der Waals surface area contributed by atoms with E-state index >= 15 is 0 Å². The lowest BCUT2D eigenvalue weighted by Crippen LogP contribution is -2.17. The van der Waals surface area contributed by atoms with Crippen molar-refractivity contribution in [2.75, 3.05) is 0 Å². The highest BCUT2D eigenvalue weighted by Gasteiger charge is 2.15. The van der Waals surface area contributed by atoms with Crippen LogP contribution >= 0.6 is 0 Å². The maximum Gasteiger partial charge on any atom is 0.208 e. The Balaban J connectivity index is 2.61. The Labute approximate surface area is 92.3 Å². The van der Waals surface area contributed by atoms with E-state index in [1.54, 1.807) is 16.9 Å². The van der Waals surface area contributed by atoms with E-state index in [-0.39, 0.29) is 0 Å². The first-order valence-corrected chi connectivity index (χ1v) is 4.80. The Kier molecular flexibility index (Phi) is 2.56. The van der Waals surface area contributed by atoms with Gasteiger partial charge >= 0.3 is 0 Å². The summed E-state index contributed by atoms with van der Waals surface area (Å²) in [6.45, 7) is 1.94. The van der Waals surface area contributed by atoms with Gasteiger partial charge in [-0.05, 0) is 18.6 Å². The van der Waals surface area contributed by atoms with Crippen LogP contribution in [0.2, 0.25) is 0 Å². The van der Waals surface area contributed by atoms with Crippen LogP contribution in [0.1, 0.15) is 17.2 Å². The summed E-state index contributed by atoms with van der Waals surface area (Å²) in [4.78, 5) is 10.4. The molecule has 0 saturated carbocycles. The van der Waals surface area contributed by atoms with Gasteiger partial charge in [-0.3, -0.25) is 4.79 Å². The average molecular weight is 214 g/mol. The smallest absolute Gasteiger partial charge is 0.208 e. The van der Waals surface area contributed by atoms with Crippen molar-refractivity contribution >= 4 is 11.9 Å². The summed E-state index contributed by atoms with van der Waals surface area (Å²) in [6, 6.07) is 5.20. The molecule has 80 valence electrons. The van der Waals surface area contributed by atoms with Gasteiger partial charge in [0.1, 0.15) is 6.04 Å². The predicted molar refractivity (Wildman–Crippen MR) is 57.5 cm³/mol. The van der Waals surface area contributed by atoms with Crippen molar-refractivity contribution < 1.29 is 4.79 Å². The normalized spacial score (nSPS) is 12.0. The van der Waals surface area contributed by atoms with Crippen LogP contribution in [-0.2, 0) is 4.79 Å². The summed E-state index contributed by atoms with van der Waals surface area (Å²) in [7, 11) is 0. The largest absolute Gasteiger partial charge is 0.339 e. The summed E-state index contributed by atoms with van der Waals surface area (Å²) in [5, 5.41) is 15.6. The third-order valence-corrected chi connectivity index (χ3v) is 2.45. The van der Waals surface area contributed by atoms with E-state index in [1.165, 1.54) is 0 Å². The Bertz CT molecular complexity index is 567. The number of nitriles is 1. The van der Waals surface area contributed by atoms with Gasteiger partial charge in [-0.2, -0.15) is 10.4 Å². The van der Waals surface area contributed by atoms with Gasteiger partial charge in [-0.25, -0.2) is 4.52 Å². The second kappa shape index (κ2) is 4.03. The van der Waals surface area contributed by atoms with E-state index in [2.05, 4.69) is 10.4 Å². The quantitative estimate of drug-likeness (QED) is 0.773. The number of pyridine rings is 1. The van der Waals surface area contributed by atoms with Crippen molar-refractivity contribution in [2.45, 2.75) is 13.0 Å². The van der Waals surface area contributed by atoms with Crippen molar-refractivity contribution in [1.82, 2.24) is 14.9 Å². The Morgan fingerprint density at radius 2 is 2.50 bits per heavy atom. The predicted octanol–water partition coefficient (Wildman–Crippen LogP) is 0.953. The first-order valence-electron chi connectivity index (χ1n) is 4.80. The van der Waals surface area contributed by atoms with Gasteiger partial charge in [0.15, 0.2) is 0 Å². The minimum absolute atomic E-state index is 0.523. The molecule has 16 heavy (non-hydrogen) atoms. The standard InChI is InChI=1S/C11H10N4O/c1-8-3-2-4-15-11(8)9(6-14-15)10(5-12)13-7-16/h2-4,6-7,10H,1H3,(H,13,16). The fraction of sp³-hybridized carbons (Fsp3) is 0.182. The fourth-order valence-corrected chi connectivity index (χ4v) is 1.72. The summed E-state index contributed by atoms with van der Waals surface area (Å²) in [5.74, 6) is 0. The highest BCUT2D eigenvalue weighted by atomic mass is 16.1. The number of aryl methyl sites for hydroxylation is 1. The first kappa shape index (κ1) is 10.2. The minimum Gasteiger partial charge on any atom is -0.339 e. The molecule has 0 radical (unpaired) electrons. The molecule has 1 atom stereocenters. The second-order valence-corrected chi connectivity index (χ2v) is 3.43. The molecule has 2 aromatic heterocycles. The van der Waals surface area contributed by atoms with Crippen LogP contribution in [0.25, 0.3) is 5.52 Å². The van der Waals surface area contributed by atoms with Crippen molar-refractivity contribution in [3.63, 3.8) is 0 Å². The molecule has 0 bridgehead atoms. The lowest BCUT2D eigenvalue weighted by Gasteiger charge is -2.06. The van der Waals surface area contributed by atoms with Crippen LogP contribution in [-0.4, -0.2) is 16.0 Å². The summed E-state index contributed by atoms with van der Waals surface area (Å²) in [5.41, 5.74) is 2.60. The van der Waals surface area contributed by atoms with E-state index in [1.807, 2.05) is 25.1 Å². The monoisotopic (exact) mass is 214 g/mol. The maximum absolute atomic E-state index is 10.4. The molecule has 2 rings (SSSR count). The summed E-state index contributed by atoms with van der Waals surface area (Å²) in [6.07, 6.45) is 3.93. The van der Waals surface area contributed by atoms with Crippen LogP contribution in [0.5, 0.6) is 0 Å².